The highest BCUT2D eigenvalue weighted by molar-refractivity contribution is 7.89. The predicted octanol–water partition coefficient (Wildman–Crippen LogP) is 1.61. The molecule has 2 aliphatic rings. The van der Waals surface area contributed by atoms with E-state index in [9.17, 15) is 23.3 Å². The summed E-state index contributed by atoms with van der Waals surface area (Å²) in [5, 5.41) is 19.7. The molecule has 2 aromatic rings. The number of aromatic nitrogens is 1. The van der Waals surface area contributed by atoms with Crippen molar-refractivity contribution >= 4 is 27.4 Å². The van der Waals surface area contributed by atoms with Gasteiger partial charge in [0, 0.05) is 63.5 Å². The smallest absolute Gasteiger partial charge is 0.269 e. The number of benzene rings is 1. The minimum absolute atomic E-state index is 0.00154. The van der Waals surface area contributed by atoms with Crippen molar-refractivity contribution in [3.63, 3.8) is 0 Å². The number of carbonyl (C=O) groups excluding carboxylic acids is 1. The Morgan fingerprint density at radius 2 is 1.68 bits per heavy atom. The fraction of sp³-hybridized carbons (Fsp3) is 0.409. The predicted molar refractivity (Wildman–Crippen MR) is 122 cm³/mol. The molecule has 0 saturated carbocycles. The van der Waals surface area contributed by atoms with Crippen molar-refractivity contribution in [3.05, 3.63) is 58.3 Å². The molecule has 0 radical (unpaired) electrons. The summed E-state index contributed by atoms with van der Waals surface area (Å²) in [7, 11) is -3.78. The fourth-order valence-corrected chi connectivity index (χ4v) is 5.71. The van der Waals surface area contributed by atoms with E-state index in [0.717, 1.165) is 5.82 Å². The number of nitro benzene ring substituents is 1. The van der Waals surface area contributed by atoms with Crippen molar-refractivity contribution in [3.8, 4) is 6.07 Å². The Balaban J connectivity index is 1.30. The van der Waals surface area contributed by atoms with Crippen molar-refractivity contribution in [1.82, 2.24) is 14.2 Å². The first-order chi connectivity index (χ1) is 16.3. The molecule has 1 aromatic heterocycles. The van der Waals surface area contributed by atoms with Crippen LogP contribution >= 0.6 is 0 Å². The maximum atomic E-state index is 13.0. The molecule has 3 heterocycles. The topological polar surface area (TPSA) is 141 Å². The zero-order valence-corrected chi connectivity index (χ0v) is 19.2. The first-order valence-corrected chi connectivity index (χ1v) is 12.4. The molecule has 11 nitrogen and oxygen atoms in total. The van der Waals surface area contributed by atoms with Crippen LogP contribution in [-0.2, 0) is 14.8 Å². The Morgan fingerprint density at radius 3 is 2.21 bits per heavy atom. The number of rotatable bonds is 5. The third-order valence-corrected chi connectivity index (χ3v) is 8.19. The van der Waals surface area contributed by atoms with E-state index in [1.807, 2.05) is 12.1 Å². The summed E-state index contributed by atoms with van der Waals surface area (Å²) in [6.07, 6.45) is 2.90. The van der Waals surface area contributed by atoms with Crippen molar-refractivity contribution in [2.45, 2.75) is 17.7 Å². The Morgan fingerprint density at radius 1 is 1.03 bits per heavy atom. The van der Waals surface area contributed by atoms with E-state index in [2.05, 4.69) is 9.88 Å². The number of nitrogens with zero attached hydrogens (tertiary/aromatic N) is 6. The molecule has 12 heteroatoms. The number of nitriles is 1. The second kappa shape index (κ2) is 9.74. The molecule has 0 atom stereocenters. The highest BCUT2D eigenvalue weighted by Crippen LogP contribution is 2.25. The molecule has 2 saturated heterocycles. The molecule has 0 bridgehead atoms. The van der Waals surface area contributed by atoms with Crippen molar-refractivity contribution in [2.24, 2.45) is 5.92 Å². The average molecular weight is 485 g/mol. The lowest BCUT2D eigenvalue weighted by molar-refractivity contribution is -0.384. The van der Waals surface area contributed by atoms with Crippen LogP contribution < -0.4 is 4.90 Å². The van der Waals surface area contributed by atoms with Gasteiger partial charge in [-0.15, -0.1) is 0 Å². The van der Waals surface area contributed by atoms with Crippen LogP contribution in [-0.4, -0.2) is 72.7 Å². The van der Waals surface area contributed by atoms with Gasteiger partial charge >= 0.3 is 0 Å². The summed E-state index contributed by atoms with van der Waals surface area (Å²) < 4.78 is 27.1. The number of piperazine rings is 1. The van der Waals surface area contributed by atoms with Gasteiger partial charge in [0.15, 0.2) is 0 Å². The minimum Gasteiger partial charge on any atom is -0.357 e. The average Bonchev–Trinajstić information content (AvgIpc) is 2.88. The van der Waals surface area contributed by atoms with E-state index in [1.165, 1.54) is 34.8 Å². The van der Waals surface area contributed by atoms with Gasteiger partial charge in [0.05, 0.1) is 15.4 Å². The number of amides is 1. The minimum atomic E-state index is -3.78. The van der Waals surface area contributed by atoms with E-state index in [-0.39, 0.29) is 35.5 Å². The largest absolute Gasteiger partial charge is 0.357 e. The third-order valence-electron chi connectivity index (χ3n) is 6.28. The molecule has 2 aliphatic heterocycles. The molecular weight excluding hydrogens is 460 g/mol. The van der Waals surface area contributed by atoms with Gasteiger partial charge in [-0.3, -0.25) is 14.9 Å². The normalized spacial score (nSPS) is 17.9. The zero-order chi connectivity index (χ0) is 24.3. The number of sulfonamides is 1. The molecule has 0 spiro atoms. The molecule has 4 rings (SSSR count). The van der Waals surface area contributed by atoms with Crippen LogP contribution in [0.25, 0.3) is 0 Å². The summed E-state index contributed by atoms with van der Waals surface area (Å²) in [5.74, 6) is 0.710. The van der Waals surface area contributed by atoms with Gasteiger partial charge in [0.25, 0.3) is 5.69 Å². The Labute approximate surface area is 197 Å². The van der Waals surface area contributed by atoms with Crippen molar-refractivity contribution < 1.29 is 18.1 Å². The van der Waals surface area contributed by atoms with Crippen LogP contribution in [0, 0.1) is 27.4 Å². The van der Waals surface area contributed by atoms with Gasteiger partial charge in [-0.25, -0.2) is 13.4 Å². The monoisotopic (exact) mass is 484 g/mol. The lowest BCUT2D eigenvalue weighted by Gasteiger charge is -2.38. The number of hydrogen-bond acceptors (Lipinski definition) is 8. The Hall–Kier alpha value is -3.56. The number of non-ortho nitro benzene ring substituents is 1. The Kier molecular flexibility index (Phi) is 6.76. The van der Waals surface area contributed by atoms with E-state index in [4.69, 9.17) is 5.26 Å². The summed E-state index contributed by atoms with van der Waals surface area (Å²) in [6.45, 7) is 2.34. The van der Waals surface area contributed by atoms with E-state index >= 15 is 0 Å². The highest BCUT2D eigenvalue weighted by Gasteiger charge is 2.34. The van der Waals surface area contributed by atoms with Crippen LogP contribution in [0.3, 0.4) is 0 Å². The number of nitro groups is 1. The molecule has 0 N–H and O–H groups in total. The number of carbonyl (C=O) groups is 1. The molecule has 178 valence electrons. The third kappa shape index (κ3) is 4.85. The molecular formula is C22H24N6O5S. The van der Waals surface area contributed by atoms with Crippen molar-refractivity contribution in [1.29, 1.82) is 5.26 Å². The van der Waals surface area contributed by atoms with Gasteiger partial charge in [0.1, 0.15) is 11.9 Å². The van der Waals surface area contributed by atoms with E-state index in [0.29, 0.717) is 44.6 Å². The number of anilines is 1. The SMILES string of the molecule is N#Cc1ccc(N2CCC(C(=O)N3CCN(S(=O)(=O)c4ccc([N+](=O)[O-])cc4)CC3)CC2)nc1. The van der Waals surface area contributed by atoms with Crippen molar-refractivity contribution in [2.75, 3.05) is 44.2 Å². The van der Waals surface area contributed by atoms with Gasteiger partial charge in [-0.1, -0.05) is 0 Å². The zero-order valence-electron chi connectivity index (χ0n) is 18.4. The van der Waals surface area contributed by atoms with Gasteiger partial charge in [-0.05, 0) is 37.1 Å². The summed E-state index contributed by atoms with van der Waals surface area (Å²) in [4.78, 5) is 31.4. The summed E-state index contributed by atoms with van der Waals surface area (Å²) >= 11 is 0. The van der Waals surface area contributed by atoms with Crippen LogP contribution in [0.1, 0.15) is 18.4 Å². The second-order valence-electron chi connectivity index (χ2n) is 8.26. The van der Waals surface area contributed by atoms with Crippen LogP contribution in [0.15, 0.2) is 47.5 Å². The molecule has 34 heavy (non-hydrogen) atoms. The Bertz CT molecular complexity index is 1190. The molecule has 0 aliphatic carbocycles. The summed E-state index contributed by atoms with van der Waals surface area (Å²) in [6, 6.07) is 10.4. The number of hydrogen-bond donors (Lipinski definition) is 0. The number of pyridine rings is 1. The molecule has 1 aromatic carbocycles. The lowest BCUT2D eigenvalue weighted by Crippen LogP contribution is -2.52. The summed E-state index contributed by atoms with van der Waals surface area (Å²) in [5.41, 5.74) is 0.332. The first kappa shape index (κ1) is 23.6. The van der Waals surface area contributed by atoms with Gasteiger partial charge in [-0.2, -0.15) is 9.57 Å². The quantitative estimate of drug-likeness (QED) is 0.460. The van der Waals surface area contributed by atoms with Crippen LogP contribution in [0.5, 0.6) is 0 Å². The van der Waals surface area contributed by atoms with Crippen LogP contribution in [0.4, 0.5) is 11.5 Å². The standard InChI is InChI=1S/C22H24N6O5S/c23-15-17-1-6-21(24-16-17)25-9-7-18(8-10-25)22(29)26-11-13-27(14-12-26)34(32,33)20-4-2-19(3-5-20)28(30)31/h1-6,16,18H,7-14H2. The van der Waals surface area contributed by atoms with E-state index < -0.39 is 14.9 Å². The lowest BCUT2D eigenvalue weighted by atomic mass is 9.95. The maximum Gasteiger partial charge on any atom is 0.269 e. The molecule has 2 fully saturated rings. The van der Waals surface area contributed by atoms with E-state index in [1.54, 1.807) is 11.0 Å². The molecule has 1 amide bonds. The highest BCUT2D eigenvalue weighted by atomic mass is 32.2. The number of piperidine rings is 1. The fourth-order valence-electron chi connectivity index (χ4n) is 4.29. The van der Waals surface area contributed by atoms with Gasteiger partial charge < -0.3 is 9.80 Å². The van der Waals surface area contributed by atoms with Gasteiger partial charge in [0.2, 0.25) is 15.9 Å². The first-order valence-electron chi connectivity index (χ1n) is 10.9. The van der Waals surface area contributed by atoms with Crippen LogP contribution in [0.2, 0.25) is 0 Å². The maximum absolute atomic E-state index is 13.0. The molecule has 0 unspecified atom stereocenters. The second-order valence-corrected chi connectivity index (χ2v) is 10.2.